The molecule has 0 N–H and O–H groups in total. The van der Waals surface area contributed by atoms with Crippen LogP contribution < -0.4 is 4.90 Å². The second-order valence-electron chi connectivity index (χ2n) is 8.62. The molecular weight excluding hydrogens is 476 g/mol. The maximum absolute atomic E-state index is 13.8. The first-order chi connectivity index (χ1) is 17.1. The lowest BCUT2D eigenvalue weighted by Gasteiger charge is -2.28. The molecule has 0 radical (unpaired) electrons. The van der Waals surface area contributed by atoms with Gasteiger partial charge in [0.15, 0.2) is 0 Å². The highest BCUT2D eigenvalue weighted by Crippen LogP contribution is 2.31. The average molecular weight is 500 g/mol. The highest BCUT2D eigenvalue weighted by atomic mass is 19.4. The van der Waals surface area contributed by atoms with Crippen molar-refractivity contribution in [1.82, 2.24) is 4.98 Å². The molecule has 2 aromatic carbocycles. The third-order valence-corrected chi connectivity index (χ3v) is 6.08. The number of amides is 1. The Morgan fingerprint density at radius 2 is 1.75 bits per heavy atom. The number of halogens is 4. The molecule has 0 saturated carbocycles. The summed E-state index contributed by atoms with van der Waals surface area (Å²) in [5, 5.41) is 0. The van der Waals surface area contributed by atoms with Gasteiger partial charge in [0.05, 0.1) is 5.56 Å². The van der Waals surface area contributed by atoms with Gasteiger partial charge in [-0.25, -0.2) is 4.39 Å². The van der Waals surface area contributed by atoms with Crippen molar-refractivity contribution >= 4 is 17.6 Å². The van der Waals surface area contributed by atoms with Crippen LogP contribution in [0.2, 0.25) is 0 Å². The molecule has 1 aliphatic carbocycles. The Labute approximate surface area is 205 Å². The first kappa shape index (κ1) is 25.3. The van der Waals surface area contributed by atoms with Crippen LogP contribution in [0.5, 0.6) is 0 Å². The summed E-state index contributed by atoms with van der Waals surface area (Å²) in [6.45, 7) is 1.25. The van der Waals surface area contributed by atoms with E-state index in [2.05, 4.69) is 4.98 Å². The molecule has 9 heteroatoms. The van der Waals surface area contributed by atoms with Gasteiger partial charge in [0.25, 0.3) is 5.91 Å². The van der Waals surface area contributed by atoms with Gasteiger partial charge in [-0.2, -0.15) is 13.2 Å². The van der Waals surface area contributed by atoms with Crippen LogP contribution in [0, 0.1) is 5.82 Å². The quantitative estimate of drug-likeness (QED) is 0.313. The number of hydrogen-bond donors (Lipinski definition) is 0. The van der Waals surface area contributed by atoms with E-state index in [9.17, 15) is 27.2 Å². The van der Waals surface area contributed by atoms with Crippen molar-refractivity contribution in [2.75, 3.05) is 11.4 Å². The Morgan fingerprint density at radius 3 is 2.39 bits per heavy atom. The fourth-order valence-electron chi connectivity index (χ4n) is 4.27. The lowest BCUT2D eigenvalue weighted by atomic mass is 10.1. The molecule has 0 aliphatic heterocycles. The topological polar surface area (TPSA) is 59.5 Å². The number of carbonyl (C=O) groups is 2. The third kappa shape index (κ3) is 5.90. The van der Waals surface area contributed by atoms with Crippen LogP contribution >= 0.6 is 0 Å². The Balaban J connectivity index is 1.65. The number of carbonyl (C=O) groups excluding carboxylic acids is 2. The first-order valence-corrected chi connectivity index (χ1v) is 11.5. The van der Waals surface area contributed by atoms with Crippen LogP contribution in [0.15, 0.2) is 60.8 Å². The summed E-state index contributed by atoms with van der Waals surface area (Å²) in [5.74, 6) is -1.74. The zero-order chi connectivity index (χ0) is 25.9. The molecule has 3 aromatic rings. The largest absolute Gasteiger partial charge is 0.447 e. The molecule has 1 unspecified atom stereocenters. The van der Waals surface area contributed by atoms with Gasteiger partial charge in [-0.3, -0.25) is 14.6 Å². The van der Waals surface area contributed by atoms with Gasteiger partial charge in [-0.05, 0) is 66.8 Å². The summed E-state index contributed by atoms with van der Waals surface area (Å²) in [7, 11) is 0. The van der Waals surface area contributed by atoms with E-state index in [1.807, 2.05) is 12.1 Å². The van der Waals surface area contributed by atoms with E-state index < -0.39 is 35.5 Å². The fraction of sp³-hybridized carbons (Fsp3) is 0.296. The molecule has 5 nitrogen and oxygen atoms in total. The number of aryl methyl sites for hydroxylation is 2. The van der Waals surface area contributed by atoms with Crippen molar-refractivity contribution in [3.05, 3.63) is 94.6 Å². The summed E-state index contributed by atoms with van der Waals surface area (Å²) >= 11 is 0. The molecule has 0 spiro atoms. The third-order valence-electron chi connectivity index (χ3n) is 6.08. The van der Waals surface area contributed by atoms with Crippen LogP contribution in [0.3, 0.4) is 0 Å². The van der Waals surface area contributed by atoms with E-state index in [-0.39, 0.29) is 13.0 Å². The summed E-state index contributed by atoms with van der Waals surface area (Å²) in [5.41, 5.74) is 2.70. The summed E-state index contributed by atoms with van der Waals surface area (Å²) in [6.07, 6.45) is -2.06. The summed E-state index contributed by atoms with van der Waals surface area (Å²) in [4.78, 5) is 30.9. The number of pyridine rings is 1. The molecule has 1 atom stereocenters. The summed E-state index contributed by atoms with van der Waals surface area (Å²) in [6, 6.07) is 13.0. The van der Waals surface area contributed by atoms with Gasteiger partial charge in [0.2, 0.25) is 6.10 Å². The summed E-state index contributed by atoms with van der Waals surface area (Å²) < 4.78 is 57.5. The molecule has 1 amide bonds. The number of esters is 1. The zero-order valence-electron chi connectivity index (χ0n) is 19.5. The lowest BCUT2D eigenvalue weighted by Crippen LogP contribution is -2.38. The minimum Gasteiger partial charge on any atom is -0.447 e. The van der Waals surface area contributed by atoms with E-state index in [0.29, 0.717) is 16.9 Å². The number of aromatic nitrogens is 1. The van der Waals surface area contributed by atoms with E-state index >= 15 is 0 Å². The van der Waals surface area contributed by atoms with E-state index in [1.165, 1.54) is 47.7 Å². The van der Waals surface area contributed by atoms with Crippen LogP contribution in [-0.4, -0.2) is 23.4 Å². The molecular formula is C27H24F4N2O3. The van der Waals surface area contributed by atoms with Crippen molar-refractivity contribution in [2.45, 2.75) is 44.9 Å². The molecule has 1 heterocycles. The Kier molecular flexibility index (Phi) is 7.37. The Morgan fingerprint density at radius 1 is 1.03 bits per heavy atom. The SMILES string of the molecule is CC(=O)OC(C(=O)N(CCc1ccc(C(F)(F)F)cn1)c1ccc2c(c1)CCC2)c1ccc(F)cc1. The van der Waals surface area contributed by atoms with Crippen LogP contribution in [0.1, 0.15) is 47.4 Å². The minimum absolute atomic E-state index is 0.0783. The normalized spacial score (nSPS) is 13.7. The minimum atomic E-state index is -4.50. The number of fused-ring (bicyclic) bond motifs is 1. The van der Waals surface area contributed by atoms with Gasteiger partial charge in [0, 0.05) is 43.0 Å². The van der Waals surface area contributed by atoms with E-state index in [1.54, 1.807) is 6.07 Å². The van der Waals surface area contributed by atoms with Crippen molar-refractivity contribution < 1.29 is 31.9 Å². The van der Waals surface area contributed by atoms with Crippen molar-refractivity contribution in [2.24, 2.45) is 0 Å². The monoisotopic (exact) mass is 500 g/mol. The highest BCUT2D eigenvalue weighted by molar-refractivity contribution is 5.98. The fourth-order valence-corrected chi connectivity index (χ4v) is 4.27. The van der Waals surface area contributed by atoms with E-state index in [4.69, 9.17) is 4.74 Å². The van der Waals surface area contributed by atoms with Crippen LogP contribution in [0.25, 0.3) is 0 Å². The maximum Gasteiger partial charge on any atom is 0.417 e. The number of ether oxygens (including phenoxy) is 1. The number of anilines is 1. The molecule has 188 valence electrons. The number of rotatable bonds is 7. The van der Waals surface area contributed by atoms with Crippen molar-refractivity contribution in [3.8, 4) is 0 Å². The number of alkyl halides is 3. The van der Waals surface area contributed by atoms with Crippen LogP contribution in [0.4, 0.5) is 23.2 Å². The number of nitrogens with zero attached hydrogens (tertiary/aromatic N) is 2. The van der Waals surface area contributed by atoms with Gasteiger partial charge < -0.3 is 9.64 Å². The number of hydrogen-bond acceptors (Lipinski definition) is 4. The smallest absolute Gasteiger partial charge is 0.417 e. The lowest BCUT2D eigenvalue weighted by molar-refractivity contribution is -0.153. The maximum atomic E-state index is 13.8. The second-order valence-corrected chi connectivity index (χ2v) is 8.62. The molecule has 0 bridgehead atoms. The molecule has 1 aromatic heterocycles. The predicted molar refractivity (Wildman–Crippen MR) is 125 cm³/mol. The van der Waals surface area contributed by atoms with Gasteiger partial charge in [0.1, 0.15) is 5.82 Å². The highest BCUT2D eigenvalue weighted by Gasteiger charge is 2.32. The van der Waals surface area contributed by atoms with E-state index in [0.717, 1.165) is 37.1 Å². The molecule has 0 fully saturated rings. The molecule has 36 heavy (non-hydrogen) atoms. The Hall–Kier alpha value is -3.75. The first-order valence-electron chi connectivity index (χ1n) is 11.5. The van der Waals surface area contributed by atoms with Gasteiger partial charge >= 0.3 is 12.1 Å². The predicted octanol–water partition coefficient (Wildman–Crippen LogP) is 5.61. The second kappa shape index (κ2) is 10.5. The average Bonchev–Trinajstić information content (AvgIpc) is 3.31. The standard InChI is InChI=1S/C27H24F4N2O3/c1-17(34)36-25(19-5-9-22(28)10-6-19)26(35)33(24-12-7-18-3-2-4-20(18)15-24)14-13-23-11-8-21(16-32-23)27(29,30)31/h5-12,15-16,25H,2-4,13-14H2,1H3. The molecule has 0 saturated heterocycles. The van der Waals surface area contributed by atoms with Crippen molar-refractivity contribution in [1.29, 1.82) is 0 Å². The molecule has 4 rings (SSSR count). The number of benzene rings is 2. The molecule has 1 aliphatic rings. The Bertz CT molecular complexity index is 1240. The van der Waals surface area contributed by atoms with Gasteiger partial charge in [-0.15, -0.1) is 0 Å². The van der Waals surface area contributed by atoms with Crippen LogP contribution in [-0.2, 0) is 39.8 Å². The zero-order valence-corrected chi connectivity index (χ0v) is 19.5. The van der Waals surface area contributed by atoms with Crippen molar-refractivity contribution in [3.63, 3.8) is 0 Å². The van der Waals surface area contributed by atoms with Gasteiger partial charge in [-0.1, -0.05) is 18.2 Å².